The molecule has 0 atom stereocenters. The Balaban J connectivity index is 1.96. The molecule has 2 aromatic heterocycles. The Hall–Kier alpha value is -0.980. The fraction of sp³-hybridized carbons (Fsp3) is 0.600. The van der Waals surface area contributed by atoms with Gasteiger partial charge in [-0.1, -0.05) is 6.92 Å². The zero-order chi connectivity index (χ0) is 15.1. The van der Waals surface area contributed by atoms with Crippen molar-refractivity contribution in [3.8, 4) is 0 Å². The van der Waals surface area contributed by atoms with Crippen LogP contribution >= 0.6 is 23.6 Å². The number of thiophene rings is 1. The van der Waals surface area contributed by atoms with Gasteiger partial charge in [-0.25, -0.2) is 0 Å². The molecule has 0 spiro atoms. The van der Waals surface area contributed by atoms with Crippen LogP contribution in [0.2, 0.25) is 0 Å². The number of hydrogen-bond acceptors (Lipinski definition) is 4. The third kappa shape index (κ3) is 2.72. The number of aromatic amines is 1. The van der Waals surface area contributed by atoms with E-state index in [-0.39, 0.29) is 5.56 Å². The number of nitrogens with one attached hydrogen (secondary N) is 1. The predicted molar refractivity (Wildman–Crippen MR) is 91.0 cm³/mol. The first kappa shape index (κ1) is 14.9. The summed E-state index contributed by atoms with van der Waals surface area (Å²) in [5.74, 6) is 0. The van der Waals surface area contributed by atoms with E-state index in [1.807, 2.05) is 13.8 Å². The molecule has 0 radical (unpaired) electrons. The topological polar surface area (TPSA) is 41.0 Å². The number of aromatic nitrogens is 2. The third-order valence-electron chi connectivity index (χ3n) is 4.39. The number of aryl methyl sites for hydroxylation is 2. The molecule has 21 heavy (non-hydrogen) atoms. The summed E-state index contributed by atoms with van der Waals surface area (Å²) in [6, 6.07) is 0.720. The largest absolute Gasteiger partial charge is 0.323 e. The summed E-state index contributed by atoms with van der Waals surface area (Å²) in [7, 11) is 0. The Bertz CT molecular complexity index is 783. The predicted octanol–water partition coefficient (Wildman–Crippen LogP) is 3.22. The molecule has 3 rings (SSSR count). The minimum absolute atomic E-state index is 0.0578. The van der Waals surface area contributed by atoms with Crippen LogP contribution in [0, 0.1) is 18.6 Å². The highest BCUT2D eigenvalue weighted by atomic mass is 32.1. The lowest BCUT2D eigenvalue weighted by Gasteiger charge is -2.20. The summed E-state index contributed by atoms with van der Waals surface area (Å²) in [6.07, 6.45) is 2.58. The van der Waals surface area contributed by atoms with E-state index in [1.54, 1.807) is 15.9 Å². The second kappa shape index (κ2) is 5.66. The first-order chi connectivity index (χ1) is 10.0. The molecule has 0 saturated heterocycles. The fourth-order valence-corrected chi connectivity index (χ4v) is 4.23. The van der Waals surface area contributed by atoms with Crippen LogP contribution < -0.4 is 5.56 Å². The smallest absolute Gasteiger partial charge is 0.263 e. The summed E-state index contributed by atoms with van der Waals surface area (Å²) in [5, 5.41) is 0.806. The number of likely N-dealkylation sites (N-methyl/N-ethyl adjacent to an activating group) is 1. The Morgan fingerprint density at radius 1 is 1.43 bits per heavy atom. The van der Waals surface area contributed by atoms with Gasteiger partial charge in [0.15, 0.2) is 4.77 Å². The molecular formula is C15H21N3OS2. The molecule has 1 N–H and O–H groups in total. The average Bonchev–Trinajstić information content (AvgIpc) is 3.22. The van der Waals surface area contributed by atoms with Gasteiger partial charge in [0.25, 0.3) is 5.56 Å². The van der Waals surface area contributed by atoms with Crippen molar-refractivity contribution in [1.29, 1.82) is 0 Å². The molecule has 2 heterocycles. The standard InChI is InChI=1S/C15H21N3OS2/c1-4-17(11-5-6-11)7-8-18-14(19)12-9(2)10(3)21-13(12)16-15(18)20/h11H,4-8H2,1-3H3,(H,16,20). The molecule has 1 saturated carbocycles. The number of fused-ring (bicyclic) bond motifs is 1. The van der Waals surface area contributed by atoms with E-state index >= 15 is 0 Å². The highest BCUT2D eigenvalue weighted by Gasteiger charge is 2.27. The monoisotopic (exact) mass is 323 g/mol. The van der Waals surface area contributed by atoms with E-state index in [1.165, 1.54) is 17.7 Å². The lowest BCUT2D eigenvalue weighted by Crippen LogP contribution is -2.33. The van der Waals surface area contributed by atoms with Crippen LogP contribution in [0.5, 0.6) is 0 Å². The summed E-state index contributed by atoms with van der Waals surface area (Å²) < 4.78 is 2.27. The molecular weight excluding hydrogens is 302 g/mol. The molecule has 1 fully saturated rings. The summed E-state index contributed by atoms with van der Waals surface area (Å²) in [6.45, 7) is 8.84. The lowest BCUT2D eigenvalue weighted by atomic mass is 10.2. The normalized spacial score (nSPS) is 15.2. The van der Waals surface area contributed by atoms with Gasteiger partial charge in [-0.3, -0.25) is 14.3 Å². The maximum absolute atomic E-state index is 12.7. The molecule has 6 heteroatoms. The molecule has 0 bridgehead atoms. The first-order valence-electron chi connectivity index (χ1n) is 7.49. The number of hydrogen-bond donors (Lipinski definition) is 1. The van der Waals surface area contributed by atoms with Crippen molar-refractivity contribution in [3.05, 3.63) is 25.6 Å². The molecule has 0 aliphatic heterocycles. The maximum Gasteiger partial charge on any atom is 0.263 e. The van der Waals surface area contributed by atoms with Crippen molar-refractivity contribution in [2.45, 2.75) is 46.2 Å². The van der Waals surface area contributed by atoms with E-state index in [4.69, 9.17) is 12.2 Å². The third-order valence-corrected chi connectivity index (χ3v) is 5.84. The number of H-pyrrole nitrogens is 1. The van der Waals surface area contributed by atoms with Crippen LogP contribution in [0.25, 0.3) is 10.2 Å². The second-order valence-corrected chi connectivity index (χ2v) is 7.35. The Morgan fingerprint density at radius 2 is 2.14 bits per heavy atom. The van der Waals surface area contributed by atoms with Crippen molar-refractivity contribution >= 4 is 33.8 Å². The minimum atomic E-state index is 0.0578. The zero-order valence-electron chi connectivity index (χ0n) is 12.7. The molecule has 4 nitrogen and oxygen atoms in total. The van der Waals surface area contributed by atoms with Gasteiger partial charge in [0.1, 0.15) is 4.83 Å². The van der Waals surface area contributed by atoms with Crippen molar-refractivity contribution in [1.82, 2.24) is 14.5 Å². The van der Waals surface area contributed by atoms with Gasteiger partial charge < -0.3 is 4.98 Å². The number of rotatable bonds is 5. The average molecular weight is 323 g/mol. The van der Waals surface area contributed by atoms with Crippen LogP contribution in [0.3, 0.4) is 0 Å². The molecule has 0 amide bonds. The second-order valence-electron chi connectivity index (χ2n) is 5.73. The van der Waals surface area contributed by atoms with E-state index in [0.29, 0.717) is 11.3 Å². The van der Waals surface area contributed by atoms with Gasteiger partial charge in [0, 0.05) is 24.0 Å². The summed E-state index contributed by atoms with van der Waals surface area (Å²) >= 11 is 7.00. The quantitative estimate of drug-likeness (QED) is 0.859. The van der Waals surface area contributed by atoms with Crippen LogP contribution in [-0.2, 0) is 6.54 Å². The van der Waals surface area contributed by atoms with Gasteiger partial charge in [-0.05, 0) is 51.0 Å². The zero-order valence-corrected chi connectivity index (χ0v) is 14.4. The van der Waals surface area contributed by atoms with Crippen LogP contribution in [0.4, 0.5) is 0 Å². The van der Waals surface area contributed by atoms with Crippen LogP contribution in [-0.4, -0.2) is 33.6 Å². The van der Waals surface area contributed by atoms with E-state index in [9.17, 15) is 4.79 Å². The molecule has 1 aliphatic carbocycles. The van der Waals surface area contributed by atoms with Gasteiger partial charge in [0.2, 0.25) is 0 Å². The van der Waals surface area contributed by atoms with Crippen molar-refractivity contribution in [2.75, 3.05) is 13.1 Å². The highest BCUT2D eigenvalue weighted by molar-refractivity contribution is 7.71. The van der Waals surface area contributed by atoms with Gasteiger partial charge in [0.05, 0.1) is 5.39 Å². The van der Waals surface area contributed by atoms with Gasteiger partial charge in [-0.2, -0.15) is 0 Å². The molecule has 2 aromatic rings. The first-order valence-corrected chi connectivity index (χ1v) is 8.72. The van der Waals surface area contributed by atoms with Crippen LogP contribution in [0.1, 0.15) is 30.2 Å². The van der Waals surface area contributed by atoms with Crippen molar-refractivity contribution in [2.24, 2.45) is 0 Å². The SMILES string of the molecule is CCN(CCn1c(=S)[nH]c2sc(C)c(C)c2c1=O)C1CC1. The molecule has 1 aliphatic rings. The molecule has 0 aromatic carbocycles. The highest BCUT2D eigenvalue weighted by Crippen LogP contribution is 2.27. The fourth-order valence-electron chi connectivity index (χ4n) is 2.83. The van der Waals surface area contributed by atoms with Crippen LogP contribution in [0.15, 0.2) is 4.79 Å². The van der Waals surface area contributed by atoms with Crippen molar-refractivity contribution < 1.29 is 0 Å². The van der Waals surface area contributed by atoms with E-state index in [2.05, 4.69) is 16.8 Å². The Labute approximate surface area is 133 Å². The minimum Gasteiger partial charge on any atom is -0.323 e. The molecule has 0 unspecified atom stereocenters. The molecule has 114 valence electrons. The Morgan fingerprint density at radius 3 is 2.76 bits per heavy atom. The lowest BCUT2D eigenvalue weighted by molar-refractivity contribution is 0.264. The van der Waals surface area contributed by atoms with Gasteiger partial charge >= 0.3 is 0 Å². The summed E-state index contributed by atoms with van der Waals surface area (Å²) in [4.78, 5) is 20.5. The Kier molecular flexibility index (Phi) is 4.03. The van der Waals surface area contributed by atoms with Gasteiger partial charge in [-0.15, -0.1) is 11.3 Å². The van der Waals surface area contributed by atoms with E-state index in [0.717, 1.165) is 34.9 Å². The summed E-state index contributed by atoms with van der Waals surface area (Å²) in [5.41, 5.74) is 1.14. The van der Waals surface area contributed by atoms with Crippen molar-refractivity contribution in [3.63, 3.8) is 0 Å². The maximum atomic E-state index is 12.7. The number of nitrogens with zero attached hydrogens (tertiary/aromatic N) is 2. The van der Waals surface area contributed by atoms with E-state index < -0.39 is 0 Å².